The van der Waals surface area contributed by atoms with Gasteiger partial charge in [-0.3, -0.25) is 0 Å². The number of hydrogen-bond acceptors (Lipinski definition) is 3. The van der Waals surface area contributed by atoms with E-state index in [1.807, 2.05) is 12.1 Å². The van der Waals surface area contributed by atoms with Crippen LogP contribution in [0, 0.1) is 5.92 Å². The molecule has 0 unspecified atom stereocenters. The molecule has 1 fully saturated rings. The molecule has 0 amide bonds. The van der Waals surface area contributed by atoms with Crippen molar-refractivity contribution in [3.63, 3.8) is 0 Å². The molecule has 2 rings (SSSR count). The number of aromatic hydroxyl groups is 1. The second-order valence-corrected chi connectivity index (χ2v) is 4.94. The van der Waals surface area contributed by atoms with Gasteiger partial charge in [0, 0.05) is 6.54 Å². The zero-order chi connectivity index (χ0) is 12.1. The fourth-order valence-corrected chi connectivity index (χ4v) is 2.40. The highest BCUT2D eigenvalue weighted by Gasteiger charge is 2.17. The van der Waals surface area contributed by atoms with Crippen LogP contribution in [-0.2, 0) is 6.42 Å². The van der Waals surface area contributed by atoms with Crippen molar-refractivity contribution in [1.82, 2.24) is 4.90 Å². The van der Waals surface area contributed by atoms with Crippen LogP contribution in [0.25, 0.3) is 0 Å². The molecule has 1 saturated heterocycles. The molecule has 1 heterocycles. The number of nitrogens with zero attached hydrogens (tertiary/aromatic N) is 1. The van der Waals surface area contributed by atoms with Crippen LogP contribution in [0.4, 0.5) is 0 Å². The van der Waals surface area contributed by atoms with E-state index < -0.39 is 0 Å². The van der Waals surface area contributed by atoms with Crippen molar-refractivity contribution in [3.05, 3.63) is 29.8 Å². The molecule has 1 aromatic carbocycles. The molecule has 0 radical (unpaired) electrons. The van der Waals surface area contributed by atoms with Crippen LogP contribution >= 0.6 is 0 Å². The maximum Gasteiger partial charge on any atom is 0.115 e. The minimum absolute atomic E-state index is 0.345. The molecule has 0 saturated carbocycles. The van der Waals surface area contributed by atoms with Gasteiger partial charge in [-0.2, -0.15) is 0 Å². The Hall–Kier alpha value is -1.06. The standard InChI is InChI=1S/C14H22N2O/c15-11-13-6-9-16(10-7-13)8-5-12-1-3-14(17)4-2-12/h1-4,13,17H,5-11,15H2. The van der Waals surface area contributed by atoms with Crippen LogP contribution in [0.3, 0.4) is 0 Å². The Bertz CT molecular complexity index is 329. The first kappa shape index (κ1) is 12.4. The number of rotatable bonds is 4. The molecule has 94 valence electrons. The van der Waals surface area contributed by atoms with E-state index in [4.69, 9.17) is 5.73 Å². The molecule has 1 aliphatic rings. The molecule has 0 spiro atoms. The molecule has 3 heteroatoms. The van der Waals surface area contributed by atoms with Crippen LogP contribution in [0.2, 0.25) is 0 Å². The third kappa shape index (κ3) is 3.72. The third-order valence-corrected chi connectivity index (χ3v) is 3.69. The Kier molecular flexibility index (Phi) is 4.40. The first-order valence-electron chi connectivity index (χ1n) is 6.48. The Labute approximate surface area is 103 Å². The summed E-state index contributed by atoms with van der Waals surface area (Å²) in [6.07, 6.45) is 3.55. The Morgan fingerprint density at radius 2 is 1.82 bits per heavy atom. The Morgan fingerprint density at radius 3 is 2.41 bits per heavy atom. The molecule has 17 heavy (non-hydrogen) atoms. The maximum absolute atomic E-state index is 9.21. The van der Waals surface area contributed by atoms with Crippen molar-refractivity contribution in [3.8, 4) is 5.75 Å². The van der Waals surface area contributed by atoms with Gasteiger partial charge in [-0.25, -0.2) is 0 Å². The number of benzene rings is 1. The predicted octanol–water partition coefficient (Wildman–Crippen LogP) is 1.61. The summed E-state index contributed by atoms with van der Waals surface area (Å²) in [5.41, 5.74) is 6.98. The van der Waals surface area contributed by atoms with Gasteiger partial charge < -0.3 is 15.7 Å². The molecule has 3 nitrogen and oxygen atoms in total. The maximum atomic E-state index is 9.21. The summed E-state index contributed by atoms with van der Waals surface area (Å²) in [5.74, 6) is 1.08. The Morgan fingerprint density at radius 1 is 1.18 bits per heavy atom. The predicted molar refractivity (Wildman–Crippen MR) is 70.0 cm³/mol. The summed E-state index contributed by atoms with van der Waals surface area (Å²) in [6.45, 7) is 4.31. The highest BCUT2D eigenvalue weighted by molar-refractivity contribution is 5.25. The van der Waals surface area contributed by atoms with Gasteiger partial charge in [0.15, 0.2) is 0 Å². The lowest BCUT2D eigenvalue weighted by Gasteiger charge is -2.31. The zero-order valence-electron chi connectivity index (χ0n) is 10.3. The number of nitrogens with two attached hydrogens (primary N) is 1. The third-order valence-electron chi connectivity index (χ3n) is 3.69. The number of likely N-dealkylation sites (tertiary alicyclic amines) is 1. The highest BCUT2D eigenvalue weighted by atomic mass is 16.3. The number of phenolic OH excluding ortho intramolecular Hbond substituents is 1. The monoisotopic (exact) mass is 234 g/mol. The average molecular weight is 234 g/mol. The lowest BCUT2D eigenvalue weighted by Crippen LogP contribution is -2.37. The van der Waals surface area contributed by atoms with Crippen molar-refractivity contribution in [2.24, 2.45) is 11.7 Å². The largest absolute Gasteiger partial charge is 0.508 e. The Balaban J connectivity index is 1.74. The van der Waals surface area contributed by atoms with Gasteiger partial charge in [-0.05, 0) is 62.5 Å². The van der Waals surface area contributed by atoms with Crippen molar-refractivity contribution < 1.29 is 5.11 Å². The molecule has 0 aliphatic carbocycles. The first-order valence-corrected chi connectivity index (χ1v) is 6.48. The fourth-order valence-electron chi connectivity index (χ4n) is 2.40. The molecule has 3 N–H and O–H groups in total. The van der Waals surface area contributed by atoms with E-state index in [1.54, 1.807) is 12.1 Å². The van der Waals surface area contributed by atoms with Crippen LogP contribution in [0.1, 0.15) is 18.4 Å². The van der Waals surface area contributed by atoms with Crippen LogP contribution in [-0.4, -0.2) is 36.2 Å². The van der Waals surface area contributed by atoms with Crippen molar-refractivity contribution in [2.45, 2.75) is 19.3 Å². The van der Waals surface area contributed by atoms with E-state index in [1.165, 1.54) is 31.5 Å². The highest BCUT2D eigenvalue weighted by Crippen LogP contribution is 2.16. The summed E-state index contributed by atoms with van der Waals surface area (Å²) in [7, 11) is 0. The van der Waals surface area contributed by atoms with Gasteiger partial charge in [0.2, 0.25) is 0 Å². The lowest BCUT2D eigenvalue weighted by atomic mass is 9.97. The van der Waals surface area contributed by atoms with E-state index in [-0.39, 0.29) is 0 Å². The normalized spacial score (nSPS) is 18.4. The minimum Gasteiger partial charge on any atom is -0.508 e. The molecule has 1 aromatic rings. The van der Waals surface area contributed by atoms with E-state index in [2.05, 4.69) is 4.90 Å². The van der Waals surface area contributed by atoms with Gasteiger partial charge in [-0.1, -0.05) is 12.1 Å². The number of hydrogen-bond donors (Lipinski definition) is 2. The van der Waals surface area contributed by atoms with Crippen LogP contribution in [0.15, 0.2) is 24.3 Å². The van der Waals surface area contributed by atoms with E-state index in [0.717, 1.165) is 25.4 Å². The molecular formula is C14H22N2O. The lowest BCUT2D eigenvalue weighted by molar-refractivity contribution is 0.189. The van der Waals surface area contributed by atoms with Crippen molar-refractivity contribution >= 4 is 0 Å². The van der Waals surface area contributed by atoms with Crippen molar-refractivity contribution in [2.75, 3.05) is 26.2 Å². The summed E-state index contributed by atoms with van der Waals surface area (Å²) >= 11 is 0. The quantitative estimate of drug-likeness (QED) is 0.832. The second-order valence-electron chi connectivity index (χ2n) is 4.94. The zero-order valence-corrected chi connectivity index (χ0v) is 10.3. The fraction of sp³-hybridized carbons (Fsp3) is 0.571. The molecular weight excluding hydrogens is 212 g/mol. The first-order chi connectivity index (χ1) is 8.28. The topological polar surface area (TPSA) is 49.5 Å². The molecule has 0 aromatic heterocycles. The second kappa shape index (κ2) is 6.03. The summed E-state index contributed by atoms with van der Waals surface area (Å²) in [5, 5.41) is 9.21. The SMILES string of the molecule is NCC1CCN(CCc2ccc(O)cc2)CC1. The summed E-state index contributed by atoms with van der Waals surface area (Å²) in [6, 6.07) is 7.52. The summed E-state index contributed by atoms with van der Waals surface area (Å²) < 4.78 is 0. The average Bonchev–Trinajstić information content (AvgIpc) is 2.39. The van der Waals surface area contributed by atoms with Crippen molar-refractivity contribution in [1.29, 1.82) is 0 Å². The van der Waals surface area contributed by atoms with Gasteiger partial charge in [0.05, 0.1) is 0 Å². The van der Waals surface area contributed by atoms with E-state index in [9.17, 15) is 5.11 Å². The van der Waals surface area contributed by atoms with E-state index in [0.29, 0.717) is 5.75 Å². The number of piperidine rings is 1. The van der Waals surface area contributed by atoms with Gasteiger partial charge >= 0.3 is 0 Å². The van der Waals surface area contributed by atoms with Gasteiger partial charge in [0.25, 0.3) is 0 Å². The molecule has 0 atom stereocenters. The van der Waals surface area contributed by atoms with Gasteiger partial charge in [0.1, 0.15) is 5.75 Å². The van der Waals surface area contributed by atoms with Crippen LogP contribution in [0.5, 0.6) is 5.75 Å². The molecule has 0 bridgehead atoms. The van der Waals surface area contributed by atoms with E-state index >= 15 is 0 Å². The number of phenols is 1. The van der Waals surface area contributed by atoms with Crippen LogP contribution < -0.4 is 5.73 Å². The van der Waals surface area contributed by atoms with Gasteiger partial charge in [-0.15, -0.1) is 0 Å². The summed E-state index contributed by atoms with van der Waals surface area (Å²) in [4.78, 5) is 2.51. The smallest absolute Gasteiger partial charge is 0.115 e. The minimum atomic E-state index is 0.345. The molecule has 1 aliphatic heterocycles.